The van der Waals surface area contributed by atoms with E-state index in [2.05, 4.69) is 41.9 Å². The Bertz CT molecular complexity index is 981. The van der Waals surface area contributed by atoms with Gasteiger partial charge in [0.05, 0.1) is 5.69 Å². The Morgan fingerprint density at radius 2 is 1.86 bits per heavy atom. The lowest BCUT2D eigenvalue weighted by Crippen LogP contribution is -1.87. The number of para-hydroxylation sites is 2. The highest BCUT2D eigenvalue weighted by Crippen LogP contribution is 2.34. The van der Waals surface area contributed by atoms with Gasteiger partial charge in [0.15, 0.2) is 0 Å². The standard InChI is InChI=1S/C20H15NO/c1-2-6-14-11-12-21-18(13-14)17-9-5-8-16-15-7-3-4-10-19(15)22-20(16)17/h2-5,7-13H,1,6H2. The number of furan rings is 1. The van der Waals surface area contributed by atoms with Crippen molar-refractivity contribution in [1.82, 2.24) is 4.98 Å². The Kier molecular flexibility index (Phi) is 3.01. The van der Waals surface area contributed by atoms with Crippen LogP contribution in [0.2, 0.25) is 0 Å². The zero-order chi connectivity index (χ0) is 14.9. The Morgan fingerprint density at radius 1 is 1.00 bits per heavy atom. The first-order valence-corrected chi connectivity index (χ1v) is 7.33. The number of nitrogens with zero attached hydrogens (tertiary/aromatic N) is 1. The number of hydrogen-bond acceptors (Lipinski definition) is 2. The molecule has 106 valence electrons. The van der Waals surface area contributed by atoms with Crippen LogP contribution in [0.4, 0.5) is 0 Å². The van der Waals surface area contributed by atoms with E-state index in [1.54, 1.807) is 0 Å². The van der Waals surface area contributed by atoms with Gasteiger partial charge in [0.1, 0.15) is 11.2 Å². The Labute approximate surface area is 128 Å². The summed E-state index contributed by atoms with van der Waals surface area (Å²) >= 11 is 0. The van der Waals surface area contributed by atoms with Crippen molar-refractivity contribution in [2.45, 2.75) is 6.42 Å². The predicted molar refractivity (Wildman–Crippen MR) is 90.9 cm³/mol. The van der Waals surface area contributed by atoms with E-state index in [9.17, 15) is 0 Å². The first-order valence-electron chi connectivity index (χ1n) is 7.33. The van der Waals surface area contributed by atoms with Gasteiger partial charge in [-0.25, -0.2) is 0 Å². The predicted octanol–water partition coefficient (Wildman–Crippen LogP) is 5.38. The van der Waals surface area contributed by atoms with Gasteiger partial charge in [-0.05, 0) is 36.2 Å². The molecular weight excluding hydrogens is 270 g/mol. The van der Waals surface area contributed by atoms with Crippen LogP contribution in [0.5, 0.6) is 0 Å². The summed E-state index contributed by atoms with van der Waals surface area (Å²) in [5.41, 5.74) is 4.97. The van der Waals surface area contributed by atoms with Crippen molar-refractivity contribution in [3.8, 4) is 11.3 Å². The minimum Gasteiger partial charge on any atom is -0.455 e. The van der Waals surface area contributed by atoms with Crippen LogP contribution in [0.3, 0.4) is 0 Å². The molecule has 2 aromatic heterocycles. The topological polar surface area (TPSA) is 26.0 Å². The van der Waals surface area contributed by atoms with E-state index >= 15 is 0 Å². The van der Waals surface area contributed by atoms with Crippen molar-refractivity contribution in [3.63, 3.8) is 0 Å². The lowest BCUT2D eigenvalue weighted by atomic mass is 10.0. The van der Waals surface area contributed by atoms with Crippen LogP contribution in [0.25, 0.3) is 33.2 Å². The summed E-state index contributed by atoms with van der Waals surface area (Å²) in [7, 11) is 0. The van der Waals surface area contributed by atoms with Gasteiger partial charge < -0.3 is 4.42 Å². The number of rotatable bonds is 3. The molecule has 22 heavy (non-hydrogen) atoms. The van der Waals surface area contributed by atoms with Gasteiger partial charge in [0, 0.05) is 22.5 Å². The number of aromatic nitrogens is 1. The molecule has 0 N–H and O–H groups in total. The number of fused-ring (bicyclic) bond motifs is 3. The zero-order valence-electron chi connectivity index (χ0n) is 12.1. The maximum absolute atomic E-state index is 6.08. The van der Waals surface area contributed by atoms with Crippen molar-refractivity contribution in [2.75, 3.05) is 0 Å². The minimum absolute atomic E-state index is 0.839. The molecule has 0 amide bonds. The van der Waals surface area contributed by atoms with Crippen molar-refractivity contribution in [1.29, 1.82) is 0 Å². The van der Waals surface area contributed by atoms with Crippen LogP contribution in [-0.4, -0.2) is 4.98 Å². The fourth-order valence-electron chi connectivity index (χ4n) is 2.86. The summed E-state index contributed by atoms with van der Waals surface area (Å²) in [5, 5.41) is 2.27. The molecule has 0 spiro atoms. The number of hydrogen-bond donors (Lipinski definition) is 0. The fourth-order valence-corrected chi connectivity index (χ4v) is 2.86. The number of allylic oxidation sites excluding steroid dienone is 1. The molecule has 2 heteroatoms. The van der Waals surface area contributed by atoms with E-state index in [1.807, 2.05) is 36.5 Å². The average molecular weight is 285 g/mol. The van der Waals surface area contributed by atoms with E-state index in [4.69, 9.17) is 4.42 Å². The number of benzene rings is 2. The van der Waals surface area contributed by atoms with Crippen molar-refractivity contribution < 1.29 is 4.42 Å². The summed E-state index contributed by atoms with van der Waals surface area (Å²) in [6.45, 7) is 3.80. The van der Waals surface area contributed by atoms with E-state index in [1.165, 1.54) is 5.56 Å². The monoisotopic (exact) mass is 285 g/mol. The summed E-state index contributed by atoms with van der Waals surface area (Å²) in [6, 6.07) is 18.4. The second-order valence-corrected chi connectivity index (χ2v) is 5.32. The van der Waals surface area contributed by atoms with Gasteiger partial charge in [0.25, 0.3) is 0 Å². The lowest BCUT2D eigenvalue weighted by Gasteiger charge is -2.04. The summed E-state index contributed by atoms with van der Waals surface area (Å²) in [4.78, 5) is 4.52. The molecule has 0 aliphatic carbocycles. The molecule has 2 aromatic carbocycles. The molecule has 0 saturated carbocycles. The normalized spacial score (nSPS) is 11.1. The van der Waals surface area contributed by atoms with Crippen LogP contribution in [0, 0.1) is 0 Å². The molecular formula is C20H15NO. The van der Waals surface area contributed by atoms with Gasteiger partial charge >= 0.3 is 0 Å². The molecule has 0 saturated heterocycles. The van der Waals surface area contributed by atoms with Crippen LogP contribution in [-0.2, 0) is 6.42 Å². The van der Waals surface area contributed by atoms with Crippen LogP contribution in [0.15, 0.2) is 77.9 Å². The molecule has 0 unspecified atom stereocenters. The molecule has 4 aromatic rings. The molecule has 0 radical (unpaired) electrons. The quantitative estimate of drug-likeness (QED) is 0.472. The number of pyridine rings is 1. The lowest BCUT2D eigenvalue weighted by molar-refractivity contribution is 0.670. The third-order valence-electron chi connectivity index (χ3n) is 3.88. The summed E-state index contributed by atoms with van der Waals surface area (Å²) in [6.07, 6.45) is 4.59. The Morgan fingerprint density at radius 3 is 2.77 bits per heavy atom. The Hall–Kier alpha value is -2.87. The molecule has 0 aliphatic heterocycles. The average Bonchev–Trinajstić information content (AvgIpc) is 2.94. The Balaban J connectivity index is 1.98. The van der Waals surface area contributed by atoms with Crippen molar-refractivity contribution in [3.05, 3.63) is 79.0 Å². The highest BCUT2D eigenvalue weighted by Gasteiger charge is 2.12. The molecule has 2 heterocycles. The van der Waals surface area contributed by atoms with Gasteiger partial charge in [-0.1, -0.05) is 36.4 Å². The zero-order valence-corrected chi connectivity index (χ0v) is 12.1. The largest absolute Gasteiger partial charge is 0.455 e. The fraction of sp³-hybridized carbons (Fsp3) is 0.0500. The highest BCUT2D eigenvalue weighted by atomic mass is 16.3. The van der Waals surface area contributed by atoms with Crippen LogP contribution in [0.1, 0.15) is 5.56 Å². The third kappa shape index (κ3) is 2.01. The molecule has 4 rings (SSSR count). The van der Waals surface area contributed by atoms with Crippen LogP contribution >= 0.6 is 0 Å². The van der Waals surface area contributed by atoms with Gasteiger partial charge in [-0.2, -0.15) is 0 Å². The highest BCUT2D eigenvalue weighted by molar-refractivity contribution is 6.09. The van der Waals surface area contributed by atoms with Gasteiger partial charge in [-0.15, -0.1) is 6.58 Å². The maximum Gasteiger partial charge on any atom is 0.144 e. The minimum atomic E-state index is 0.839. The van der Waals surface area contributed by atoms with E-state index < -0.39 is 0 Å². The first kappa shape index (κ1) is 12.8. The summed E-state index contributed by atoms with van der Waals surface area (Å²) in [5.74, 6) is 0. The molecule has 2 nitrogen and oxygen atoms in total. The first-order chi connectivity index (χ1) is 10.9. The third-order valence-corrected chi connectivity index (χ3v) is 3.88. The molecule has 0 atom stereocenters. The van der Waals surface area contributed by atoms with Gasteiger partial charge in [0.2, 0.25) is 0 Å². The molecule has 0 aliphatic rings. The summed E-state index contributed by atoms with van der Waals surface area (Å²) < 4.78 is 6.08. The molecule has 0 bridgehead atoms. The second kappa shape index (κ2) is 5.15. The van der Waals surface area contributed by atoms with Crippen molar-refractivity contribution in [2.24, 2.45) is 0 Å². The smallest absolute Gasteiger partial charge is 0.144 e. The SMILES string of the molecule is C=CCc1ccnc(-c2cccc3c2oc2ccccc23)c1. The van der Waals surface area contributed by atoms with Crippen LogP contribution < -0.4 is 0 Å². The molecule has 0 fully saturated rings. The van der Waals surface area contributed by atoms with Gasteiger partial charge in [-0.3, -0.25) is 4.98 Å². The second-order valence-electron chi connectivity index (χ2n) is 5.32. The van der Waals surface area contributed by atoms with Crippen molar-refractivity contribution >= 4 is 21.9 Å². The maximum atomic E-state index is 6.08. The van der Waals surface area contributed by atoms with E-state index in [-0.39, 0.29) is 0 Å². The van der Waals surface area contributed by atoms with E-state index in [0.717, 1.165) is 39.6 Å². The van der Waals surface area contributed by atoms with E-state index in [0.29, 0.717) is 0 Å².